The molecule has 8 atom stereocenters. The zero-order valence-electron chi connectivity index (χ0n) is 22.7. The Bertz CT molecular complexity index is 1980. The average molecular weight is 723 g/mol. The summed E-state index contributed by atoms with van der Waals surface area (Å²) in [5.41, 5.74) is 9.40. The molecule has 6 N–H and O–H groups in total. The molecule has 4 aromatic heterocycles. The summed E-state index contributed by atoms with van der Waals surface area (Å²) in [5.74, 6) is 0.0554. The van der Waals surface area contributed by atoms with Crippen LogP contribution in [0.3, 0.4) is 0 Å². The van der Waals surface area contributed by atoms with Crippen LogP contribution in [-0.4, -0.2) is 79.8 Å². The Hall–Kier alpha value is -2.26. The molecule has 2 saturated heterocycles. The molecule has 2 aliphatic heterocycles. The van der Waals surface area contributed by atoms with Gasteiger partial charge in [0.2, 0.25) is 5.95 Å². The molecular formula is C21H25FN10O8P2S3. The van der Waals surface area contributed by atoms with Crippen molar-refractivity contribution in [2.75, 3.05) is 24.7 Å². The van der Waals surface area contributed by atoms with Crippen molar-refractivity contribution in [3.8, 4) is 0 Å². The predicted molar refractivity (Wildman–Crippen MR) is 165 cm³/mol. The van der Waals surface area contributed by atoms with Crippen LogP contribution in [0, 0.1) is 0 Å². The van der Waals surface area contributed by atoms with Gasteiger partial charge in [0.1, 0.15) is 35.4 Å². The molecule has 0 aromatic carbocycles. The zero-order chi connectivity index (χ0) is 31.9. The Morgan fingerprint density at radius 1 is 1.16 bits per heavy atom. The summed E-state index contributed by atoms with van der Waals surface area (Å²) in [6.45, 7) is -9.16. The van der Waals surface area contributed by atoms with E-state index < -0.39 is 60.0 Å². The maximum atomic E-state index is 15.2. The Kier molecular flexibility index (Phi) is 7.59. The van der Waals surface area contributed by atoms with Crippen LogP contribution < -0.4 is 17.0 Å². The first-order valence-corrected chi connectivity index (χ1v) is 19.6. The van der Waals surface area contributed by atoms with Crippen molar-refractivity contribution in [1.82, 2.24) is 39.0 Å². The minimum absolute atomic E-state index is 0.0358. The zero-order valence-corrected chi connectivity index (χ0v) is 27.1. The van der Waals surface area contributed by atoms with E-state index in [1.165, 1.54) is 30.7 Å². The molecular weight excluding hydrogens is 697 g/mol. The monoisotopic (exact) mass is 722 g/mol. The van der Waals surface area contributed by atoms with E-state index in [9.17, 15) is 18.8 Å². The fraction of sp³-hybridized carbons (Fsp3) is 0.524. The second kappa shape index (κ2) is 10.9. The summed E-state index contributed by atoms with van der Waals surface area (Å²) in [5, 5.41) is -1.28. The van der Waals surface area contributed by atoms with E-state index in [1.807, 2.05) is 0 Å². The number of rotatable bonds is 10. The third-order valence-corrected chi connectivity index (χ3v) is 11.9. The third kappa shape index (κ3) is 5.68. The summed E-state index contributed by atoms with van der Waals surface area (Å²) in [7, 11) is 0. The molecule has 3 unspecified atom stereocenters. The van der Waals surface area contributed by atoms with Gasteiger partial charge in [0, 0.05) is 19.3 Å². The molecule has 0 amide bonds. The summed E-state index contributed by atoms with van der Waals surface area (Å²) >= 11 is 8.92. The van der Waals surface area contributed by atoms with Gasteiger partial charge in [0.15, 0.2) is 22.6 Å². The first kappa shape index (κ1) is 31.3. The van der Waals surface area contributed by atoms with Gasteiger partial charge in [-0.1, -0.05) is 24.5 Å². The van der Waals surface area contributed by atoms with E-state index in [4.69, 9.17) is 29.8 Å². The molecule has 3 fully saturated rings. The quantitative estimate of drug-likeness (QED) is 0.102. The summed E-state index contributed by atoms with van der Waals surface area (Å²) in [4.78, 5) is 44.7. The Morgan fingerprint density at radius 3 is 2.69 bits per heavy atom. The lowest BCUT2D eigenvalue weighted by Crippen LogP contribution is -2.28. The predicted octanol–water partition coefficient (Wildman–Crippen LogP) is 2.38. The van der Waals surface area contributed by atoms with Crippen molar-refractivity contribution in [3.63, 3.8) is 0 Å². The van der Waals surface area contributed by atoms with Crippen LogP contribution in [0.25, 0.3) is 22.3 Å². The number of aromatic nitrogens is 8. The maximum Gasteiger partial charge on any atom is 0.386 e. The first-order chi connectivity index (χ1) is 21.2. The molecule has 18 nitrogen and oxygen atoms in total. The van der Waals surface area contributed by atoms with Gasteiger partial charge in [-0.2, -0.15) is 4.98 Å². The molecule has 7 rings (SSSR count). The van der Waals surface area contributed by atoms with E-state index in [2.05, 4.69) is 54.4 Å². The second-order valence-electron chi connectivity index (χ2n) is 10.8. The molecule has 3 aliphatic rings. The van der Waals surface area contributed by atoms with Gasteiger partial charge in [-0.3, -0.25) is 27.9 Å². The number of ether oxygens (including phenoxy) is 1. The molecule has 242 valence electrons. The number of nitrogen functional groups attached to an aromatic ring is 2. The Morgan fingerprint density at radius 2 is 1.91 bits per heavy atom. The Labute approximate surface area is 266 Å². The highest BCUT2D eigenvalue weighted by molar-refractivity contribution is 8.44. The number of anilines is 2. The third-order valence-electron chi connectivity index (χ3n) is 7.92. The largest absolute Gasteiger partial charge is 0.386 e. The number of halogens is 1. The van der Waals surface area contributed by atoms with Gasteiger partial charge in [0.05, 0.1) is 36.5 Å². The number of thioether (sulfide) groups is 1. The number of fused-ring (bicyclic) bond motifs is 3. The number of hydrogen-bond acceptors (Lipinski definition) is 15. The SMILES string of the molecule is Nc1nc2c(ncn2C2C[C@@H](F)[C@@H](COP(=O)(S)O[C@@]34C[C@H](n5cnc6c(N)ncnc65)O[C@]3(COP(=O)(O)S)C4)S2)c(=O)[nH]1. The lowest BCUT2D eigenvalue weighted by molar-refractivity contribution is -0.0589. The fourth-order valence-electron chi connectivity index (χ4n) is 5.78. The number of nitrogens with zero attached hydrogens (tertiary/aromatic N) is 7. The van der Waals surface area contributed by atoms with Gasteiger partial charge < -0.3 is 25.7 Å². The summed E-state index contributed by atoms with van der Waals surface area (Å²) < 4.78 is 66.6. The number of alkyl halides is 1. The van der Waals surface area contributed by atoms with E-state index in [-0.39, 0.29) is 48.8 Å². The van der Waals surface area contributed by atoms with E-state index >= 15 is 4.39 Å². The maximum absolute atomic E-state index is 15.2. The van der Waals surface area contributed by atoms with Crippen LogP contribution in [0.15, 0.2) is 23.8 Å². The number of aromatic amines is 1. The van der Waals surface area contributed by atoms with E-state index in [0.29, 0.717) is 11.2 Å². The minimum atomic E-state index is -4.22. The van der Waals surface area contributed by atoms with Crippen molar-refractivity contribution in [3.05, 3.63) is 29.3 Å². The standard InChI is InChI=1S/C21H25FN10O8P2S3/c22-9-1-12(32-8-28-14-17(32)29-19(24)30-18(14)33)45-10(9)3-37-42(36,44)40-20-2-11(39-21(20,4-20)5-38-41(34,35)43)31-7-27-13-15(23)25-6-26-16(13)31/h6-12H,1-5H2,(H,36,44)(H2,23,25,26)(H2,34,35,43)(H3,24,29,30,33)/t9-,10-,11-,12?,20-,21+,42?/m1/s1. The number of imidazole rings is 2. The smallest absolute Gasteiger partial charge is 0.382 e. The van der Waals surface area contributed by atoms with Crippen LogP contribution in [0.5, 0.6) is 0 Å². The number of hydrogen-bond donors (Lipinski definition) is 6. The van der Waals surface area contributed by atoms with Gasteiger partial charge in [-0.05, 0) is 0 Å². The van der Waals surface area contributed by atoms with Crippen LogP contribution in [0.2, 0.25) is 0 Å². The molecule has 0 bridgehead atoms. The van der Waals surface area contributed by atoms with Gasteiger partial charge in [-0.15, -0.1) is 11.8 Å². The molecule has 1 aliphatic carbocycles. The van der Waals surface area contributed by atoms with Crippen molar-refractivity contribution < 1.29 is 36.7 Å². The highest BCUT2D eigenvalue weighted by Gasteiger charge is 2.78. The van der Waals surface area contributed by atoms with E-state index in [1.54, 1.807) is 9.13 Å². The number of nitrogens with two attached hydrogens (primary N) is 2. The number of H-pyrrole nitrogens is 1. The first-order valence-electron chi connectivity index (χ1n) is 13.2. The van der Waals surface area contributed by atoms with Gasteiger partial charge in [-0.25, -0.2) is 33.5 Å². The average Bonchev–Trinajstić information content (AvgIpc) is 3.48. The number of thiol groups is 2. The lowest BCUT2D eigenvalue weighted by atomic mass is 10.2. The molecule has 0 radical (unpaired) electrons. The normalized spacial score (nSPS) is 32.1. The summed E-state index contributed by atoms with van der Waals surface area (Å²) in [6.07, 6.45) is 2.17. The van der Waals surface area contributed by atoms with Crippen molar-refractivity contribution >= 4 is 83.9 Å². The highest BCUT2D eigenvalue weighted by atomic mass is 32.7. The van der Waals surface area contributed by atoms with Crippen LogP contribution in [-0.2, 0) is 27.4 Å². The van der Waals surface area contributed by atoms with Crippen molar-refractivity contribution in [2.24, 2.45) is 0 Å². The summed E-state index contributed by atoms with van der Waals surface area (Å²) in [6, 6.07) is 0. The molecule has 0 spiro atoms. The molecule has 1 saturated carbocycles. The van der Waals surface area contributed by atoms with Crippen LogP contribution >= 0.6 is 49.9 Å². The Balaban J connectivity index is 1.06. The highest BCUT2D eigenvalue weighted by Crippen LogP contribution is 2.73. The number of nitrogens with one attached hydrogen (secondary N) is 1. The van der Waals surface area contributed by atoms with Gasteiger partial charge >= 0.3 is 13.6 Å². The van der Waals surface area contributed by atoms with Gasteiger partial charge in [0.25, 0.3) is 5.56 Å². The molecule has 4 aromatic rings. The van der Waals surface area contributed by atoms with Crippen molar-refractivity contribution in [2.45, 2.75) is 53.5 Å². The van der Waals surface area contributed by atoms with Crippen molar-refractivity contribution in [1.29, 1.82) is 0 Å². The molecule has 24 heteroatoms. The lowest BCUT2D eigenvalue weighted by Gasteiger charge is -2.23. The molecule has 45 heavy (non-hydrogen) atoms. The fourth-order valence-corrected chi connectivity index (χ4v) is 9.66. The van der Waals surface area contributed by atoms with Crippen LogP contribution in [0.4, 0.5) is 16.2 Å². The van der Waals surface area contributed by atoms with E-state index in [0.717, 1.165) is 0 Å². The topological polar surface area (TPSA) is 250 Å². The second-order valence-corrected chi connectivity index (χ2v) is 17.8. The minimum Gasteiger partial charge on any atom is -0.382 e. The molecule has 6 heterocycles. The van der Waals surface area contributed by atoms with Crippen LogP contribution in [0.1, 0.15) is 30.9 Å².